The number of fused-ring (bicyclic) bond motifs is 2. The first-order valence-electron chi connectivity index (χ1n) is 6.94. The van der Waals surface area contributed by atoms with E-state index >= 15 is 0 Å². The lowest BCUT2D eigenvalue weighted by atomic mass is 9.98. The summed E-state index contributed by atoms with van der Waals surface area (Å²) in [5.74, 6) is 0.195. The normalized spacial score (nSPS) is 32.0. The van der Waals surface area contributed by atoms with Crippen LogP contribution in [-0.4, -0.2) is 35.5 Å². The molecule has 0 radical (unpaired) electrons. The number of nitrogens with zero attached hydrogens (tertiary/aromatic N) is 1. The second kappa shape index (κ2) is 5.67. The number of carbonyl (C=O) groups excluding carboxylic acids is 1. The molecule has 17 heavy (non-hydrogen) atoms. The zero-order valence-electron chi connectivity index (χ0n) is 11.0. The monoisotopic (exact) mass is 236 g/mol. The van der Waals surface area contributed by atoms with Crippen LogP contribution in [0.3, 0.4) is 0 Å². The van der Waals surface area contributed by atoms with Gasteiger partial charge in [-0.15, -0.1) is 0 Å². The molecule has 2 aliphatic rings. The minimum Gasteiger partial charge on any atom is -0.336 e. The van der Waals surface area contributed by atoms with E-state index in [0.717, 1.165) is 25.8 Å². The van der Waals surface area contributed by atoms with E-state index in [2.05, 4.69) is 17.1 Å². The lowest BCUT2D eigenvalue weighted by molar-refractivity contribution is -0.129. The van der Waals surface area contributed by atoms with Crippen LogP contribution in [-0.2, 0) is 4.79 Å². The largest absolute Gasteiger partial charge is 0.336 e. The Hall–Kier alpha value is -0.830. The van der Waals surface area contributed by atoms with Crippen LogP contribution in [0.15, 0.2) is 12.2 Å². The van der Waals surface area contributed by atoms with Gasteiger partial charge in [0.25, 0.3) is 0 Å². The van der Waals surface area contributed by atoms with Gasteiger partial charge in [-0.3, -0.25) is 4.79 Å². The van der Waals surface area contributed by atoms with Gasteiger partial charge < -0.3 is 10.2 Å². The van der Waals surface area contributed by atoms with Gasteiger partial charge in [0.2, 0.25) is 5.91 Å². The van der Waals surface area contributed by atoms with Crippen LogP contribution in [0.5, 0.6) is 0 Å². The third-order valence-electron chi connectivity index (χ3n) is 3.95. The summed E-state index contributed by atoms with van der Waals surface area (Å²) in [7, 11) is 0. The zero-order valence-corrected chi connectivity index (χ0v) is 11.0. The van der Waals surface area contributed by atoms with Gasteiger partial charge in [0.05, 0.1) is 0 Å². The number of hydrogen-bond donors (Lipinski definition) is 1. The minimum atomic E-state index is 0.195. The van der Waals surface area contributed by atoms with Crippen molar-refractivity contribution in [1.82, 2.24) is 10.2 Å². The van der Waals surface area contributed by atoms with Crippen LogP contribution in [0.25, 0.3) is 0 Å². The molecule has 2 heterocycles. The summed E-state index contributed by atoms with van der Waals surface area (Å²) in [6.07, 6.45) is 9.46. The SMILES string of the molecule is CC=CC(=O)N(CCC)C1CC2CCC(C1)N2. The molecular formula is C14H24N2O. The van der Waals surface area contributed by atoms with Gasteiger partial charge in [-0.05, 0) is 45.1 Å². The van der Waals surface area contributed by atoms with E-state index in [1.54, 1.807) is 6.08 Å². The number of carbonyl (C=O) groups is 1. The predicted molar refractivity (Wildman–Crippen MR) is 69.8 cm³/mol. The van der Waals surface area contributed by atoms with E-state index in [4.69, 9.17) is 0 Å². The van der Waals surface area contributed by atoms with Crippen LogP contribution in [0.4, 0.5) is 0 Å². The molecule has 0 aromatic carbocycles. The fourth-order valence-corrected chi connectivity index (χ4v) is 3.23. The van der Waals surface area contributed by atoms with Gasteiger partial charge in [-0.2, -0.15) is 0 Å². The van der Waals surface area contributed by atoms with Gasteiger partial charge in [0, 0.05) is 24.7 Å². The maximum absolute atomic E-state index is 12.1. The number of nitrogens with one attached hydrogen (secondary N) is 1. The summed E-state index contributed by atoms with van der Waals surface area (Å²) >= 11 is 0. The van der Waals surface area contributed by atoms with Gasteiger partial charge >= 0.3 is 0 Å². The van der Waals surface area contributed by atoms with Crippen molar-refractivity contribution < 1.29 is 4.79 Å². The second-order valence-corrected chi connectivity index (χ2v) is 5.29. The molecule has 2 rings (SSSR count). The Balaban J connectivity index is 2.02. The maximum atomic E-state index is 12.1. The van der Waals surface area contributed by atoms with E-state index < -0.39 is 0 Å². The van der Waals surface area contributed by atoms with Crippen LogP contribution >= 0.6 is 0 Å². The van der Waals surface area contributed by atoms with Gasteiger partial charge in [0.1, 0.15) is 0 Å². The fraction of sp³-hybridized carbons (Fsp3) is 0.786. The van der Waals surface area contributed by atoms with Crippen molar-refractivity contribution in [3.63, 3.8) is 0 Å². The van der Waals surface area contributed by atoms with E-state index in [1.165, 1.54) is 12.8 Å². The summed E-state index contributed by atoms with van der Waals surface area (Å²) in [6, 6.07) is 1.76. The van der Waals surface area contributed by atoms with Gasteiger partial charge in [0.15, 0.2) is 0 Å². The topological polar surface area (TPSA) is 32.3 Å². The van der Waals surface area contributed by atoms with Crippen LogP contribution in [0, 0.1) is 0 Å². The first-order valence-corrected chi connectivity index (χ1v) is 6.94. The van der Waals surface area contributed by atoms with E-state index in [9.17, 15) is 4.79 Å². The van der Waals surface area contributed by atoms with Crippen LogP contribution < -0.4 is 5.32 Å². The smallest absolute Gasteiger partial charge is 0.246 e. The number of allylic oxidation sites excluding steroid dienone is 1. The Labute approximate surface area is 104 Å². The number of rotatable bonds is 4. The Morgan fingerprint density at radius 2 is 2.00 bits per heavy atom. The van der Waals surface area contributed by atoms with Crippen LogP contribution in [0.1, 0.15) is 46.0 Å². The molecule has 0 saturated carbocycles. The molecule has 1 N–H and O–H groups in total. The predicted octanol–water partition coefficient (Wildman–Crippen LogP) is 2.08. The summed E-state index contributed by atoms with van der Waals surface area (Å²) in [4.78, 5) is 14.2. The highest BCUT2D eigenvalue weighted by atomic mass is 16.2. The summed E-state index contributed by atoms with van der Waals surface area (Å²) in [5.41, 5.74) is 0. The standard InChI is InChI=1S/C14H24N2O/c1-3-5-14(17)16(8-4-2)13-9-11-6-7-12(10-13)15-11/h3,5,11-13,15H,4,6-10H2,1-2H3. The van der Waals surface area contributed by atoms with Crippen molar-refractivity contribution >= 4 is 5.91 Å². The molecule has 2 aliphatic heterocycles. The third kappa shape index (κ3) is 2.89. The molecule has 0 aliphatic carbocycles. The van der Waals surface area contributed by atoms with E-state index in [0.29, 0.717) is 18.1 Å². The Bertz CT molecular complexity index is 289. The van der Waals surface area contributed by atoms with Gasteiger partial charge in [-0.1, -0.05) is 13.0 Å². The molecule has 3 nitrogen and oxygen atoms in total. The third-order valence-corrected chi connectivity index (χ3v) is 3.95. The molecule has 0 aromatic heterocycles. The Kier molecular flexibility index (Phi) is 4.21. The average Bonchev–Trinajstić information content (AvgIpc) is 2.65. The molecular weight excluding hydrogens is 212 g/mol. The molecule has 1 amide bonds. The molecule has 2 fully saturated rings. The minimum absolute atomic E-state index is 0.195. The first kappa shape index (κ1) is 12.6. The maximum Gasteiger partial charge on any atom is 0.246 e. The first-order chi connectivity index (χ1) is 8.24. The Morgan fingerprint density at radius 1 is 1.35 bits per heavy atom. The van der Waals surface area contributed by atoms with Crippen molar-refractivity contribution in [2.75, 3.05) is 6.54 Å². The second-order valence-electron chi connectivity index (χ2n) is 5.29. The highest BCUT2D eigenvalue weighted by Crippen LogP contribution is 2.30. The molecule has 2 bridgehead atoms. The quantitative estimate of drug-likeness (QED) is 0.758. The molecule has 0 aromatic rings. The Morgan fingerprint density at radius 3 is 2.53 bits per heavy atom. The van der Waals surface area contributed by atoms with Crippen molar-refractivity contribution in [1.29, 1.82) is 0 Å². The fourth-order valence-electron chi connectivity index (χ4n) is 3.23. The van der Waals surface area contributed by atoms with E-state index in [1.807, 2.05) is 13.0 Å². The molecule has 96 valence electrons. The highest BCUT2D eigenvalue weighted by molar-refractivity contribution is 5.87. The van der Waals surface area contributed by atoms with Crippen molar-refractivity contribution in [3.8, 4) is 0 Å². The summed E-state index contributed by atoms with van der Waals surface area (Å²) < 4.78 is 0. The lowest BCUT2D eigenvalue weighted by Crippen LogP contribution is -2.50. The van der Waals surface area contributed by atoms with Gasteiger partial charge in [-0.25, -0.2) is 0 Å². The number of amides is 1. The summed E-state index contributed by atoms with van der Waals surface area (Å²) in [5, 5.41) is 3.63. The van der Waals surface area contributed by atoms with Crippen LogP contribution in [0.2, 0.25) is 0 Å². The molecule has 2 atom stereocenters. The molecule has 3 heteroatoms. The summed E-state index contributed by atoms with van der Waals surface area (Å²) in [6.45, 7) is 4.95. The number of hydrogen-bond acceptors (Lipinski definition) is 2. The molecule has 2 saturated heterocycles. The highest BCUT2D eigenvalue weighted by Gasteiger charge is 2.36. The van der Waals surface area contributed by atoms with Crippen molar-refractivity contribution in [2.24, 2.45) is 0 Å². The van der Waals surface area contributed by atoms with Crippen molar-refractivity contribution in [3.05, 3.63) is 12.2 Å². The lowest BCUT2D eigenvalue weighted by Gasteiger charge is -2.37. The molecule has 0 spiro atoms. The van der Waals surface area contributed by atoms with Crippen molar-refractivity contribution in [2.45, 2.75) is 64.1 Å². The van der Waals surface area contributed by atoms with E-state index in [-0.39, 0.29) is 5.91 Å². The number of piperidine rings is 1. The average molecular weight is 236 g/mol. The zero-order chi connectivity index (χ0) is 12.3. The molecule has 2 unspecified atom stereocenters.